The van der Waals surface area contributed by atoms with E-state index in [1.807, 2.05) is 0 Å². The van der Waals surface area contributed by atoms with Crippen molar-refractivity contribution in [3.63, 3.8) is 0 Å². The molecule has 0 aliphatic carbocycles. The van der Waals surface area contributed by atoms with E-state index in [2.05, 4.69) is 0 Å². The number of carboxylic acids is 1. The topological polar surface area (TPSA) is 40.1 Å². The van der Waals surface area contributed by atoms with Gasteiger partial charge in [0.15, 0.2) is 0 Å². The van der Waals surface area contributed by atoms with E-state index >= 15 is 0 Å². The Hall–Kier alpha value is 1.79. The molecule has 0 saturated carbocycles. The van der Waals surface area contributed by atoms with Crippen molar-refractivity contribution in [2.75, 3.05) is 0 Å². The quantitative estimate of drug-likeness (QED) is 0.332. The second kappa shape index (κ2) is 15.7. The second-order valence-electron chi connectivity index (χ2n) is 0.492. The Bertz CT molecular complexity index is 38.7. The third-order valence-corrected chi connectivity index (χ3v) is 0. The molecule has 0 heterocycles. The van der Waals surface area contributed by atoms with Gasteiger partial charge in [-0.2, -0.15) is 0 Å². The van der Waals surface area contributed by atoms with Gasteiger partial charge in [-0.1, -0.05) is 0 Å². The molecule has 2 nitrogen and oxygen atoms in total. The predicted molar refractivity (Wildman–Crippen MR) is 22.2 cm³/mol. The van der Waals surface area contributed by atoms with Crippen molar-refractivity contribution in [2.45, 2.75) is 6.92 Å². The molecule has 0 aromatic heterocycles. The van der Waals surface area contributed by atoms with E-state index in [1.54, 1.807) is 0 Å². The summed E-state index contributed by atoms with van der Waals surface area (Å²) in [7, 11) is 0. The molecule has 32 valence electrons. The van der Waals surface area contributed by atoms with Gasteiger partial charge in [-0.3, -0.25) is 0 Å². The Morgan fingerprint density at radius 2 is 1.57 bits per heavy atom. The van der Waals surface area contributed by atoms with Crippen LogP contribution in [0.3, 0.4) is 0 Å². The molecule has 0 unspecified atom stereocenters. The van der Waals surface area contributed by atoms with Crippen LogP contribution in [0, 0.1) is 0 Å². The summed E-state index contributed by atoms with van der Waals surface area (Å²) in [5.74, 6) is -1.08. The SMILES string of the molecule is CC(=O)[O-].[Ca+2].[Cl-].[Mg+2]. The van der Waals surface area contributed by atoms with E-state index in [1.165, 1.54) is 0 Å². The number of hydrogen-bond donors (Lipinski definition) is 0. The Morgan fingerprint density at radius 3 is 1.57 bits per heavy atom. The van der Waals surface area contributed by atoms with Crippen LogP contribution < -0.4 is 17.5 Å². The van der Waals surface area contributed by atoms with Crippen molar-refractivity contribution in [3.05, 3.63) is 0 Å². The molecule has 0 fully saturated rings. The molecule has 0 atom stereocenters. The van der Waals surface area contributed by atoms with E-state index in [4.69, 9.17) is 9.90 Å². The summed E-state index contributed by atoms with van der Waals surface area (Å²) < 4.78 is 0. The number of carbonyl (C=O) groups is 1. The summed E-state index contributed by atoms with van der Waals surface area (Å²) in [6.07, 6.45) is 0. The molecule has 0 N–H and O–H groups in total. The monoisotopic (exact) mass is 158 g/mol. The summed E-state index contributed by atoms with van der Waals surface area (Å²) in [5.41, 5.74) is 0. The molecular formula is C2H3CaClMgO2+2. The average Bonchev–Trinajstić information content (AvgIpc) is 0.811. The van der Waals surface area contributed by atoms with Crippen LogP contribution in [0.15, 0.2) is 0 Å². The summed E-state index contributed by atoms with van der Waals surface area (Å²) >= 11 is 0. The van der Waals surface area contributed by atoms with Crippen LogP contribution >= 0.6 is 0 Å². The van der Waals surface area contributed by atoms with Gasteiger partial charge in [0.1, 0.15) is 0 Å². The molecule has 0 radical (unpaired) electrons. The number of halogens is 1. The maximum Gasteiger partial charge on any atom is 2.00 e. The second-order valence-corrected chi connectivity index (χ2v) is 0.492. The van der Waals surface area contributed by atoms with E-state index in [-0.39, 0.29) is 73.2 Å². The Morgan fingerprint density at radius 1 is 1.57 bits per heavy atom. The van der Waals surface area contributed by atoms with E-state index in [9.17, 15) is 0 Å². The smallest absolute Gasteiger partial charge is 1.00 e. The first kappa shape index (κ1) is 23.3. The Labute approximate surface area is 94.6 Å². The van der Waals surface area contributed by atoms with E-state index in [0.717, 1.165) is 6.92 Å². The summed E-state index contributed by atoms with van der Waals surface area (Å²) in [6.45, 7) is 0.972. The van der Waals surface area contributed by atoms with E-state index < -0.39 is 5.97 Å². The van der Waals surface area contributed by atoms with Gasteiger partial charge in [-0.15, -0.1) is 0 Å². The first-order valence-corrected chi connectivity index (χ1v) is 0.908. The molecular weight excluding hydrogens is 156 g/mol. The number of rotatable bonds is 0. The van der Waals surface area contributed by atoms with Crippen LogP contribution in [-0.2, 0) is 4.79 Å². The van der Waals surface area contributed by atoms with E-state index in [0.29, 0.717) is 0 Å². The van der Waals surface area contributed by atoms with Crippen LogP contribution in [0.4, 0.5) is 0 Å². The molecule has 0 saturated heterocycles. The first-order valence-electron chi connectivity index (χ1n) is 0.908. The third-order valence-electron chi connectivity index (χ3n) is 0. The molecule has 0 bridgehead atoms. The minimum Gasteiger partial charge on any atom is -1.00 e. The van der Waals surface area contributed by atoms with Gasteiger partial charge in [-0.25, -0.2) is 0 Å². The standard InChI is InChI=1S/C2H4O2.Ca.ClH.Mg/c1-2(3)4;;;/h1H3,(H,3,4);;1H;/q;+2;;+2/p-2. The van der Waals surface area contributed by atoms with Gasteiger partial charge in [0.25, 0.3) is 0 Å². The minimum absolute atomic E-state index is 0. The summed E-state index contributed by atoms with van der Waals surface area (Å²) in [5, 5.41) is 8.89. The maximum absolute atomic E-state index is 8.89. The van der Waals surface area contributed by atoms with Crippen LogP contribution in [0.1, 0.15) is 6.92 Å². The molecule has 7 heavy (non-hydrogen) atoms. The van der Waals surface area contributed by atoms with Crippen LogP contribution in [0.2, 0.25) is 0 Å². The van der Waals surface area contributed by atoms with Gasteiger partial charge >= 0.3 is 60.8 Å². The first-order chi connectivity index (χ1) is 1.73. The third kappa shape index (κ3) is 81.7. The van der Waals surface area contributed by atoms with Crippen molar-refractivity contribution in [2.24, 2.45) is 0 Å². The van der Waals surface area contributed by atoms with Crippen molar-refractivity contribution in [1.29, 1.82) is 0 Å². The molecule has 0 aliphatic rings. The van der Waals surface area contributed by atoms with Crippen LogP contribution in [0.5, 0.6) is 0 Å². The number of hydrogen-bond acceptors (Lipinski definition) is 2. The number of carboxylic acid groups (broad SMARTS) is 1. The van der Waals surface area contributed by atoms with Crippen molar-refractivity contribution >= 4 is 66.8 Å². The zero-order valence-corrected chi connectivity index (χ0v) is 8.49. The van der Waals surface area contributed by atoms with Crippen LogP contribution in [-0.4, -0.2) is 66.8 Å². The summed E-state index contributed by atoms with van der Waals surface area (Å²) in [4.78, 5) is 8.89. The number of carbonyl (C=O) groups excluding carboxylic acids is 1. The van der Waals surface area contributed by atoms with Gasteiger partial charge in [-0.05, 0) is 6.92 Å². The molecule has 0 aromatic rings. The normalized spacial score (nSPS) is 3.57. The molecule has 0 aliphatic heterocycles. The van der Waals surface area contributed by atoms with Crippen molar-refractivity contribution in [3.8, 4) is 0 Å². The van der Waals surface area contributed by atoms with Crippen LogP contribution in [0.25, 0.3) is 0 Å². The molecule has 0 spiro atoms. The van der Waals surface area contributed by atoms with Gasteiger partial charge in [0, 0.05) is 5.97 Å². The summed E-state index contributed by atoms with van der Waals surface area (Å²) in [6, 6.07) is 0. The molecule has 0 aromatic carbocycles. The largest absolute Gasteiger partial charge is 2.00 e. The maximum atomic E-state index is 8.89. The minimum atomic E-state index is -1.08. The van der Waals surface area contributed by atoms with Gasteiger partial charge < -0.3 is 22.3 Å². The average molecular weight is 159 g/mol. The number of aliphatic carboxylic acids is 1. The zero-order chi connectivity index (χ0) is 3.58. The molecule has 5 heteroatoms. The van der Waals surface area contributed by atoms with Crippen molar-refractivity contribution in [1.82, 2.24) is 0 Å². The zero-order valence-electron chi connectivity index (χ0n) is 4.11. The van der Waals surface area contributed by atoms with Gasteiger partial charge in [0.05, 0.1) is 0 Å². The van der Waals surface area contributed by atoms with Gasteiger partial charge in [0.2, 0.25) is 0 Å². The predicted octanol–water partition coefficient (Wildman–Crippen LogP) is -5.00. The fourth-order valence-corrected chi connectivity index (χ4v) is 0. The molecule has 0 amide bonds. The Kier molecular flexibility index (Phi) is 52.0. The fraction of sp³-hybridized carbons (Fsp3) is 0.500. The fourth-order valence-electron chi connectivity index (χ4n) is 0. The molecule has 0 rings (SSSR count). The Balaban J connectivity index is -0.0000000150. The van der Waals surface area contributed by atoms with Crippen molar-refractivity contribution < 1.29 is 22.3 Å².